The van der Waals surface area contributed by atoms with Crippen LogP contribution in [0, 0.1) is 0 Å². The molecule has 35 heavy (non-hydrogen) atoms. The van der Waals surface area contributed by atoms with Crippen molar-refractivity contribution in [3.63, 3.8) is 0 Å². The lowest BCUT2D eigenvalue weighted by molar-refractivity contribution is -0.685. The smallest absolute Gasteiger partial charge is 0.325 e. The van der Waals surface area contributed by atoms with E-state index in [-0.39, 0.29) is 24.5 Å². The summed E-state index contributed by atoms with van der Waals surface area (Å²) in [4.78, 5) is 28.8. The number of thioether (sulfide) groups is 1. The summed E-state index contributed by atoms with van der Waals surface area (Å²) in [7, 11) is 3.30. The van der Waals surface area contributed by atoms with Crippen molar-refractivity contribution >= 4 is 57.2 Å². The molecule has 10 heteroatoms. The number of benzene rings is 2. The first kappa shape index (κ1) is 25.2. The summed E-state index contributed by atoms with van der Waals surface area (Å²) in [6.45, 7) is 0.594. The van der Waals surface area contributed by atoms with Crippen LogP contribution in [-0.2, 0) is 22.6 Å². The number of hydrogen-bond acceptors (Lipinski definition) is 7. The van der Waals surface area contributed by atoms with Crippen molar-refractivity contribution < 1.29 is 26.5 Å². The Morgan fingerprint density at radius 2 is 1.86 bits per heavy atom. The van der Waals surface area contributed by atoms with Crippen molar-refractivity contribution in [3.8, 4) is 0 Å². The highest BCUT2D eigenvalue weighted by atomic mass is 35.5. The van der Waals surface area contributed by atoms with Crippen molar-refractivity contribution in [2.75, 3.05) is 19.1 Å². The summed E-state index contributed by atoms with van der Waals surface area (Å²) in [5, 5.41) is 3.90. The minimum absolute atomic E-state index is 0. The van der Waals surface area contributed by atoms with E-state index in [9.17, 15) is 9.59 Å². The predicted molar refractivity (Wildman–Crippen MR) is 138 cm³/mol. The van der Waals surface area contributed by atoms with Crippen molar-refractivity contribution in [3.05, 3.63) is 96.3 Å². The highest BCUT2D eigenvalue weighted by Crippen LogP contribution is 2.44. The number of methoxy groups -OCH3 is 1. The molecule has 0 spiro atoms. The maximum absolute atomic E-state index is 13.5. The number of thiazole rings is 2. The first-order valence-electron chi connectivity index (χ1n) is 10.6. The second kappa shape index (κ2) is 10.8. The molecule has 2 aromatic heterocycles. The molecule has 5 rings (SSSR count). The van der Waals surface area contributed by atoms with Gasteiger partial charge in [-0.05, 0) is 12.1 Å². The van der Waals surface area contributed by atoms with E-state index in [2.05, 4.69) is 22.8 Å². The van der Waals surface area contributed by atoms with E-state index in [1.807, 2.05) is 66.0 Å². The van der Waals surface area contributed by atoms with E-state index >= 15 is 0 Å². The van der Waals surface area contributed by atoms with Crippen LogP contribution in [-0.4, -0.2) is 24.7 Å². The lowest BCUT2D eigenvalue weighted by atomic mass is 10.2. The molecule has 0 atom stereocenters. The summed E-state index contributed by atoms with van der Waals surface area (Å²) in [5.74, 6) is -0.454. The van der Waals surface area contributed by atoms with Gasteiger partial charge in [0.15, 0.2) is 12.7 Å². The summed E-state index contributed by atoms with van der Waals surface area (Å²) in [6.07, 6.45) is 4.02. The lowest BCUT2D eigenvalue weighted by Gasteiger charge is -2.11. The molecule has 4 aromatic rings. The molecule has 0 amide bonds. The van der Waals surface area contributed by atoms with E-state index in [0.717, 1.165) is 27.2 Å². The van der Waals surface area contributed by atoms with Gasteiger partial charge in [0, 0.05) is 17.5 Å². The molecule has 0 aliphatic carbocycles. The van der Waals surface area contributed by atoms with Crippen LogP contribution in [0.25, 0.3) is 11.1 Å². The van der Waals surface area contributed by atoms with Crippen LogP contribution in [0.1, 0.15) is 10.6 Å². The van der Waals surface area contributed by atoms with Crippen molar-refractivity contribution in [2.24, 2.45) is 0 Å². The Balaban J connectivity index is 0.00000289. The number of anilines is 1. The van der Waals surface area contributed by atoms with Crippen LogP contribution in [0.5, 0.6) is 0 Å². The fraction of sp³-hybridized carbons (Fsp3) is 0.160. The zero-order chi connectivity index (χ0) is 23.7. The Labute approximate surface area is 220 Å². The summed E-state index contributed by atoms with van der Waals surface area (Å²) in [6, 6.07) is 18.3. The van der Waals surface area contributed by atoms with Crippen LogP contribution in [0.3, 0.4) is 0 Å². The molecule has 2 aromatic carbocycles. The molecule has 0 unspecified atom stereocenters. The third-order valence-electron chi connectivity index (χ3n) is 5.51. The number of carbonyl (C=O) groups is 1. The van der Waals surface area contributed by atoms with Gasteiger partial charge in [-0.3, -0.25) is 14.2 Å². The van der Waals surface area contributed by atoms with E-state index < -0.39 is 5.97 Å². The van der Waals surface area contributed by atoms with Crippen molar-refractivity contribution in [2.45, 2.75) is 18.0 Å². The molecule has 1 aliphatic heterocycles. The molecule has 0 saturated heterocycles. The number of aromatic nitrogens is 2. The van der Waals surface area contributed by atoms with Gasteiger partial charge in [0.1, 0.15) is 20.8 Å². The Kier molecular flexibility index (Phi) is 7.81. The molecular weight excluding hydrogens is 522 g/mol. The second-order valence-electron chi connectivity index (χ2n) is 7.67. The summed E-state index contributed by atoms with van der Waals surface area (Å²) >= 11 is 4.58. The first-order valence-corrected chi connectivity index (χ1v) is 13.1. The number of esters is 1. The quantitative estimate of drug-likeness (QED) is 0.254. The van der Waals surface area contributed by atoms with E-state index in [4.69, 9.17) is 4.74 Å². The third-order valence-corrected chi connectivity index (χ3v) is 8.85. The Morgan fingerprint density at radius 3 is 2.60 bits per heavy atom. The number of ether oxygens (including phenoxy) is 1. The number of hydrogen-bond donors (Lipinski definition) is 0. The average Bonchev–Trinajstić information content (AvgIpc) is 3.52. The van der Waals surface area contributed by atoms with Gasteiger partial charge in [-0.15, -0.1) is 11.3 Å². The molecule has 6 nitrogen and oxygen atoms in total. The van der Waals surface area contributed by atoms with Gasteiger partial charge < -0.3 is 22.0 Å². The molecule has 0 bridgehead atoms. The SMILES string of the molecule is COC(=O)Cn1c(=O)/c(=C2\Sc3ccccc3N2C)s/c1=C\c1scc[n+]1Cc1ccccc1.[Cl-]. The molecule has 0 saturated carbocycles. The number of halogens is 1. The summed E-state index contributed by atoms with van der Waals surface area (Å²) in [5.41, 5.74) is 2.07. The number of para-hydroxylation sites is 1. The summed E-state index contributed by atoms with van der Waals surface area (Å²) < 4.78 is 9.87. The molecule has 0 N–H and O–H groups in total. The monoisotopic (exact) mass is 543 g/mol. The maximum Gasteiger partial charge on any atom is 0.325 e. The molecule has 3 heterocycles. The van der Waals surface area contributed by atoms with Gasteiger partial charge in [0.2, 0.25) is 0 Å². The van der Waals surface area contributed by atoms with Crippen LogP contribution in [0.2, 0.25) is 0 Å². The van der Waals surface area contributed by atoms with E-state index in [1.54, 1.807) is 23.1 Å². The molecule has 1 aliphatic rings. The standard InChI is InChI=1S/C25H22N3O3S3.ClH/c1-26-18-10-6-7-11-19(18)33-25(26)23-24(30)28(16-22(29)31-2)21(34-23)14-20-27(12-13-32-20)15-17-8-4-3-5-9-17;/h3-14H,15-16H2,1-2H3;1H/q+1;/p-1/b25-23+;. The fourth-order valence-electron chi connectivity index (χ4n) is 3.76. The molecular formula is C25H22ClN3O3S3. The first-order chi connectivity index (χ1) is 16.5. The normalized spacial score (nSPS) is 14.6. The topological polar surface area (TPSA) is 55.4 Å². The molecule has 0 fully saturated rings. The number of nitrogens with zero attached hydrogens (tertiary/aromatic N) is 3. The van der Waals surface area contributed by atoms with Gasteiger partial charge >= 0.3 is 5.97 Å². The average molecular weight is 544 g/mol. The van der Waals surface area contributed by atoms with Gasteiger partial charge in [-0.2, -0.15) is 4.57 Å². The van der Waals surface area contributed by atoms with Gasteiger partial charge in [0.05, 0.1) is 24.3 Å². The Bertz CT molecular complexity index is 1540. The van der Waals surface area contributed by atoms with Gasteiger partial charge in [-0.1, -0.05) is 65.6 Å². The van der Waals surface area contributed by atoms with Crippen molar-refractivity contribution in [1.29, 1.82) is 0 Å². The van der Waals surface area contributed by atoms with Crippen LogP contribution >= 0.6 is 34.4 Å². The Hall–Kier alpha value is -2.85. The number of carbonyl (C=O) groups excluding carboxylic acids is 1. The van der Waals surface area contributed by atoms with E-state index in [0.29, 0.717) is 9.20 Å². The minimum Gasteiger partial charge on any atom is -1.00 e. The molecule has 0 radical (unpaired) electrons. The number of fused-ring (bicyclic) bond motifs is 1. The van der Waals surface area contributed by atoms with E-state index in [1.165, 1.54) is 28.6 Å². The van der Waals surface area contributed by atoms with Gasteiger partial charge in [-0.25, -0.2) is 0 Å². The van der Waals surface area contributed by atoms with Crippen LogP contribution < -0.4 is 36.6 Å². The third kappa shape index (κ3) is 5.08. The van der Waals surface area contributed by atoms with Crippen LogP contribution in [0.4, 0.5) is 5.69 Å². The highest BCUT2D eigenvalue weighted by molar-refractivity contribution is 8.08. The largest absolute Gasteiger partial charge is 1.00 e. The second-order valence-corrected chi connectivity index (χ2v) is 10.7. The predicted octanol–water partition coefficient (Wildman–Crippen LogP) is -0.379. The minimum atomic E-state index is -0.454. The molecule has 180 valence electrons. The van der Waals surface area contributed by atoms with Crippen molar-refractivity contribution in [1.82, 2.24) is 4.57 Å². The zero-order valence-electron chi connectivity index (χ0n) is 19.0. The Morgan fingerprint density at radius 1 is 1.11 bits per heavy atom. The zero-order valence-corrected chi connectivity index (χ0v) is 22.2. The fourth-order valence-corrected chi connectivity index (χ4v) is 7.01. The van der Waals surface area contributed by atoms with Crippen LogP contribution in [0.15, 0.2) is 75.9 Å². The highest BCUT2D eigenvalue weighted by Gasteiger charge is 2.25. The lowest BCUT2D eigenvalue weighted by Crippen LogP contribution is -3.00. The maximum atomic E-state index is 13.5. The van der Waals surface area contributed by atoms with Gasteiger partial charge in [0.25, 0.3) is 10.6 Å². The number of rotatable bonds is 5.